The molecule has 1 heterocycles. The molecule has 0 bridgehead atoms. The minimum absolute atomic E-state index is 0.830. The van der Waals surface area contributed by atoms with Crippen LogP contribution >= 0.6 is 0 Å². The average Bonchev–Trinajstić information content (AvgIpc) is 2.07. The largest absolute Gasteiger partial charge is 0.399 e. The van der Waals surface area contributed by atoms with E-state index in [2.05, 4.69) is 23.2 Å². The molecule has 0 radical (unpaired) electrons. The lowest BCUT2D eigenvalue weighted by molar-refractivity contribution is 1.09. The summed E-state index contributed by atoms with van der Waals surface area (Å²) in [6.07, 6.45) is 5.24. The van der Waals surface area contributed by atoms with E-state index in [4.69, 9.17) is 5.73 Å². The smallest absolute Gasteiger partial charge is 0.0459 e. The third kappa shape index (κ3) is 1.05. The zero-order valence-electron chi connectivity index (χ0n) is 7.12. The van der Waals surface area contributed by atoms with Crippen LogP contribution in [0.25, 0.3) is 0 Å². The van der Waals surface area contributed by atoms with Gasteiger partial charge in [-0.15, -0.1) is 0 Å². The van der Waals surface area contributed by atoms with Gasteiger partial charge in [-0.3, -0.25) is 0 Å². The Labute approximate surface area is 72.3 Å². The van der Waals surface area contributed by atoms with E-state index < -0.39 is 0 Å². The third-order valence-electron chi connectivity index (χ3n) is 2.16. The van der Waals surface area contributed by atoms with E-state index >= 15 is 0 Å². The Morgan fingerprint density at radius 1 is 1.42 bits per heavy atom. The maximum Gasteiger partial charge on any atom is 0.0459 e. The first-order chi connectivity index (χ1) is 5.77. The van der Waals surface area contributed by atoms with Gasteiger partial charge in [-0.1, -0.05) is 12.1 Å². The van der Waals surface area contributed by atoms with Gasteiger partial charge in [0.15, 0.2) is 0 Å². The van der Waals surface area contributed by atoms with E-state index in [1.54, 1.807) is 0 Å². The summed E-state index contributed by atoms with van der Waals surface area (Å²) in [7, 11) is 2.04. The van der Waals surface area contributed by atoms with E-state index in [1.165, 1.54) is 11.3 Å². The van der Waals surface area contributed by atoms with Gasteiger partial charge in [-0.05, 0) is 24.1 Å². The summed E-state index contributed by atoms with van der Waals surface area (Å²) >= 11 is 0. The normalized spacial score (nSPS) is 14.6. The van der Waals surface area contributed by atoms with Crippen LogP contribution in [0.15, 0.2) is 30.5 Å². The number of benzene rings is 1. The molecule has 1 aromatic rings. The highest BCUT2D eigenvalue weighted by Gasteiger charge is 2.08. The second-order valence-corrected chi connectivity index (χ2v) is 3.09. The molecule has 2 heteroatoms. The first-order valence-corrected chi connectivity index (χ1v) is 4.05. The lowest BCUT2D eigenvalue weighted by atomic mass is 10.1. The van der Waals surface area contributed by atoms with Gasteiger partial charge in [0.2, 0.25) is 0 Å². The van der Waals surface area contributed by atoms with Crippen molar-refractivity contribution in [2.75, 3.05) is 17.7 Å². The molecule has 0 atom stereocenters. The van der Waals surface area contributed by atoms with Gasteiger partial charge >= 0.3 is 0 Å². The summed E-state index contributed by atoms with van der Waals surface area (Å²) in [5.41, 5.74) is 9.08. The van der Waals surface area contributed by atoms with Crippen LogP contribution in [0.2, 0.25) is 0 Å². The molecule has 2 rings (SSSR count). The predicted octanol–water partition coefficient (Wildman–Crippen LogP) is 1.77. The Kier molecular flexibility index (Phi) is 1.54. The number of fused-ring (bicyclic) bond motifs is 1. The van der Waals surface area contributed by atoms with Gasteiger partial charge in [-0.25, -0.2) is 0 Å². The molecule has 2 nitrogen and oxygen atoms in total. The zero-order valence-corrected chi connectivity index (χ0v) is 7.12. The average molecular weight is 160 g/mol. The van der Waals surface area contributed by atoms with E-state index in [1.807, 2.05) is 19.2 Å². The number of nitrogens with zero attached hydrogens (tertiary/aromatic N) is 1. The van der Waals surface area contributed by atoms with Gasteiger partial charge in [0.25, 0.3) is 0 Å². The fourth-order valence-electron chi connectivity index (χ4n) is 1.50. The van der Waals surface area contributed by atoms with Crippen molar-refractivity contribution in [2.24, 2.45) is 0 Å². The number of allylic oxidation sites excluding steroid dienone is 1. The van der Waals surface area contributed by atoms with Crippen LogP contribution in [-0.2, 0) is 6.42 Å². The minimum Gasteiger partial charge on any atom is -0.399 e. The molecule has 0 amide bonds. The number of hydrogen-bond donors (Lipinski definition) is 1. The molecule has 1 aliphatic rings. The zero-order chi connectivity index (χ0) is 8.55. The Balaban J connectivity index is 2.52. The summed E-state index contributed by atoms with van der Waals surface area (Å²) in [4.78, 5) is 2.09. The number of nitrogen functional groups attached to an aromatic ring is 1. The molecule has 2 N–H and O–H groups in total. The quantitative estimate of drug-likeness (QED) is 0.586. The fraction of sp³-hybridized carbons (Fsp3) is 0.200. The molecule has 1 aliphatic heterocycles. The van der Waals surface area contributed by atoms with E-state index in [9.17, 15) is 0 Å². The van der Waals surface area contributed by atoms with Crippen LogP contribution in [-0.4, -0.2) is 7.05 Å². The van der Waals surface area contributed by atoms with E-state index in [-0.39, 0.29) is 0 Å². The summed E-state index contributed by atoms with van der Waals surface area (Å²) in [5.74, 6) is 0. The molecule has 0 saturated heterocycles. The van der Waals surface area contributed by atoms with Crippen LogP contribution in [0.3, 0.4) is 0 Å². The number of rotatable bonds is 0. The Morgan fingerprint density at radius 3 is 3.08 bits per heavy atom. The number of hydrogen-bond acceptors (Lipinski definition) is 2. The van der Waals surface area contributed by atoms with Crippen LogP contribution in [0.5, 0.6) is 0 Å². The van der Waals surface area contributed by atoms with Crippen molar-refractivity contribution in [1.29, 1.82) is 0 Å². The highest BCUT2D eigenvalue weighted by Crippen LogP contribution is 2.26. The van der Waals surface area contributed by atoms with Crippen LogP contribution in [0, 0.1) is 0 Å². The Morgan fingerprint density at radius 2 is 2.25 bits per heavy atom. The van der Waals surface area contributed by atoms with Gasteiger partial charge in [0, 0.05) is 24.6 Å². The van der Waals surface area contributed by atoms with Crippen molar-refractivity contribution < 1.29 is 0 Å². The molecular weight excluding hydrogens is 148 g/mol. The Hall–Kier alpha value is -1.44. The summed E-state index contributed by atoms with van der Waals surface area (Å²) in [6, 6.07) is 6.05. The Bertz CT molecular complexity index is 329. The van der Waals surface area contributed by atoms with Gasteiger partial charge < -0.3 is 10.6 Å². The van der Waals surface area contributed by atoms with Crippen molar-refractivity contribution in [1.82, 2.24) is 0 Å². The SMILES string of the molecule is CN1C=CCc2ccc(N)cc21. The third-order valence-corrected chi connectivity index (χ3v) is 2.16. The molecular formula is C10H12N2. The first-order valence-electron chi connectivity index (χ1n) is 4.05. The molecule has 12 heavy (non-hydrogen) atoms. The van der Waals surface area contributed by atoms with Crippen LogP contribution in [0.1, 0.15) is 5.56 Å². The highest BCUT2D eigenvalue weighted by molar-refractivity contribution is 5.64. The molecule has 62 valence electrons. The molecule has 0 aromatic heterocycles. The fourth-order valence-corrected chi connectivity index (χ4v) is 1.50. The molecule has 0 unspecified atom stereocenters. The topological polar surface area (TPSA) is 29.3 Å². The second kappa shape index (κ2) is 2.55. The van der Waals surface area contributed by atoms with Crippen LogP contribution < -0.4 is 10.6 Å². The van der Waals surface area contributed by atoms with E-state index in [0.29, 0.717) is 0 Å². The van der Waals surface area contributed by atoms with Crippen LogP contribution in [0.4, 0.5) is 11.4 Å². The van der Waals surface area contributed by atoms with Crippen molar-refractivity contribution in [2.45, 2.75) is 6.42 Å². The monoisotopic (exact) mass is 160 g/mol. The molecule has 1 aromatic carbocycles. The van der Waals surface area contributed by atoms with Crippen molar-refractivity contribution >= 4 is 11.4 Å². The predicted molar refractivity (Wildman–Crippen MR) is 52.1 cm³/mol. The molecule has 0 spiro atoms. The summed E-state index contributed by atoms with van der Waals surface area (Å²) in [6.45, 7) is 0. The van der Waals surface area contributed by atoms with Crippen molar-refractivity contribution in [3.8, 4) is 0 Å². The van der Waals surface area contributed by atoms with Gasteiger partial charge in [0.05, 0.1) is 0 Å². The van der Waals surface area contributed by atoms with E-state index in [0.717, 1.165) is 12.1 Å². The van der Waals surface area contributed by atoms with Gasteiger partial charge in [-0.2, -0.15) is 0 Å². The van der Waals surface area contributed by atoms with Crippen molar-refractivity contribution in [3.05, 3.63) is 36.0 Å². The maximum atomic E-state index is 5.69. The lowest BCUT2D eigenvalue weighted by Crippen LogP contribution is -2.14. The number of nitrogens with two attached hydrogens (primary N) is 1. The number of anilines is 2. The molecule has 0 aliphatic carbocycles. The second-order valence-electron chi connectivity index (χ2n) is 3.09. The minimum atomic E-state index is 0.830. The lowest BCUT2D eigenvalue weighted by Gasteiger charge is -2.22. The van der Waals surface area contributed by atoms with Gasteiger partial charge in [0.1, 0.15) is 0 Å². The standard InChI is InChI=1S/C10H12N2/c1-12-6-2-3-8-4-5-9(11)7-10(8)12/h2,4-7H,3,11H2,1H3. The first kappa shape index (κ1) is 7.22. The summed E-state index contributed by atoms with van der Waals surface area (Å²) < 4.78 is 0. The molecule has 0 saturated carbocycles. The maximum absolute atomic E-state index is 5.69. The van der Waals surface area contributed by atoms with Crippen molar-refractivity contribution in [3.63, 3.8) is 0 Å². The summed E-state index contributed by atoms with van der Waals surface area (Å²) in [5, 5.41) is 0. The highest BCUT2D eigenvalue weighted by atomic mass is 15.1. The molecule has 0 fully saturated rings.